The first kappa shape index (κ1) is 19.1. The van der Waals surface area contributed by atoms with Crippen molar-refractivity contribution in [1.82, 2.24) is 14.9 Å². The van der Waals surface area contributed by atoms with E-state index in [4.69, 9.17) is 4.52 Å². The summed E-state index contributed by atoms with van der Waals surface area (Å²) in [6, 6.07) is 18.5. The standard InChI is InChI=1S/C18H17N3OS.C2H5NO/c1-2-4-13(5-3-1)14-6-8-15(9-7-14)18-20-17(22-21-18)12-19-23-16-10-11-16;1-2(3)4/h1-9,16,19H,10-12H2;1H3,(H2,3,4). The van der Waals surface area contributed by atoms with Crippen LogP contribution in [0.1, 0.15) is 25.7 Å². The molecule has 3 N–H and O–H groups in total. The van der Waals surface area contributed by atoms with Crippen molar-refractivity contribution in [3.05, 3.63) is 60.5 Å². The number of primary amides is 1. The first-order valence-corrected chi connectivity index (χ1v) is 9.63. The molecule has 0 spiro atoms. The van der Waals surface area contributed by atoms with Crippen molar-refractivity contribution in [2.24, 2.45) is 5.73 Å². The molecule has 140 valence electrons. The number of amides is 1. The lowest BCUT2D eigenvalue weighted by molar-refractivity contribution is -0.115. The third kappa shape index (κ3) is 6.23. The molecule has 4 rings (SSSR count). The number of hydrogen-bond donors (Lipinski definition) is 2. The topological polar surface area (TPSA) is 94.0 Å². The number of aromatic nitrogens is 2. The fourth-order valence-corrected chi connectivity index (χ4v) is 3.11. The molecule has 1 aliphatic carbocycles. The SMILES string of the molecule is CC(N)=O.c1ccc(-c2ccc(-c3noc(CNSC4CC4)n3)cc2)cc1. The molecule has 0 bridgehead atoms. The number of hydrogen-bond acceptors (Lipinski definition) is 6. The van der Waals surface area contributed by atoms with E-state index in [0.29, 0.717) is 18.3 Å². The van der Waals surface area contributed by atoms with Gasteiger partial charge in [0.15, 0.2) is 0 Å². The van der Waals surface area contributed by atoms with Gasteiger partial charge in [-0.15, -0.1) is 0 Å². The van der Waals surface area contributed by atoms with Crippen LogP contribution in [0.2, 0.25) is 0 Å². The summed E-state index contributed by atoms with van der Waals surface area (Å²) in [6.07, 6.45) is 2.61. The summed E-state index contributed by atoms with van der Waals surface area (Å²) < 4.78 is 8.58. The molecule has 0 aliphatic heterocycles. The summed E-state index contributed by atoms with van der Waals surface area (Å²) in [5, 5.41) is 4.83. The first-order chi connectivity index (χ1) is 13.1. The summed E-state index contributed by atoms with van der Waals surface area (Å²) in [6.45, 7) is 1.91. The number of rotatable bonds is 6. The minimum atomic E-state index is -0.333. The van der Waals surface area contributed by atoms with Gasteiger partial charge in [0.1, 0.15) is 0 Å². The number of carbonyl (C=O) groups excluding carboxylic acids is 1. The number of nitrogens with zero attached hydrogens (tertiary/aromatic N) is 2. The van der Waals surface area contributed by atoms with Gasteiger partial charge in [-0.2, -0.15) is 4.98 Å². The summed E-state index contributed by atoms with van der Waals surface area (Å²) in [7, 11) is 0. The lowest BCUT2D eigenvalue weighted by Crippen LogP contribution is -2.04. The molecule has 1 saturated carbocycles. The van der Waals surface area contributed by atoms with E-state index < -0.39 is 0 Å². The van der Waals surface area contributed by atoms with Gasteiger partial charge in [-0.3, -0.25) is 9.52 Å². The van der Waals surface area contributed by atoms with E-state index in [1.807, 2.05) is 30.3 Å². The van der Waals surface area contributed by atoms with Crippen LogP contribution in [0.25, 0.3) is 22.5 Å². The minimum absolute atomic E-state index is 0.333. The number of benzene rings is 2. The van der Waals surface area contributed by atoms with Crippen LogP contribution in [0.4, 0.5) is 0 Å². The molecule has 0 atom stereocenters. The maximum atomic E-state index is 9.22. The molecular formula is C20H22N4O2S. The van der Waals surface area contributed by atoms with Crippen LogP contribution in [0.3, 0.4) is 0 Å². The highest BCUT2D eigenvalue weighted by Gasteiger charge is 2.22. The summed E-state index contributed by atoms with van der Waals surface area (Å²) in [5.41, 5.74) is 7.82. The highest BCUT2D eigenvalue weighted by molar-refractivity contribution is 7.98. The predicted octanol–water partition coefficient (Wildman–Crippen LogP) is 3.80. The minimum Gasteiger partial charge on any atom is -0.370 e. The molecule has 0 radical (unpaired) electrons. The molecule has 27 heavy (non-hydrogen) atoms. The van der Waals surface area contributed by atoms with Gasteiger partial charge in [-0.05, 0) is 24.0 Å². The normalized spacial score (nSPS) is 12.9. The Morgan fingerprint density at radius 3 is 2.33 bits per heavy atom. The lowest BCUT2D eigenvalue weighted by Gasteiger charge is -2.01. The molecular weight excluding hydrogens is 360 g/mol. The van der Waals surface area contributed by atoms with Gasteiger partial charge >= 0.3 is 0 Å². The van der Waals surface area contributed by atoms with Crippen LogP contribution in [0, 0.1) is 0 Å². The Morgan fingerprint density at radius 2 is 1.70 bits per heavy atom. The molecule has 0 unspecified atom stereocenters. The van der Waals surface area contributed by atoms with Crippen LogP contribution in [-0.4, -0.2) is 21.3 Å². The summed E-state index contributed by atoms with van der Waals surface area (Å²) in [4.78, 5) is 13.7. The smallest absolute Gasteiger partial charge is 0.241 e. The maximum absolute atomic E-state index is 9.22. The quantitative estimate of drug-likeness (QED) is 0.630. The number of carbonyl (C=O) groups is 1. The van der Waals surface area contributed by atoms with E-state index in [2.05, 4.69) is 44.9 Å². The predicted molar refractivity (Wildman–Crippen MR) is 107 cm³/mol. The Bertz CT molecular complexity index is 857. The Balaban J connectivity index is 0.000000481. The van der Waals surface area contributed by atoms with Crippen molar-refractivity contribution < 1.29 is 9.32 Å². The Hall–Kier alpha value is -2.64. The van der Waals surface area contributed by atoms with Crippen LogP contribution >= 0.6 is 11.9 Å². The van der Waals surface area contributed by atoms with E-state index in [0.717, 1.165) is 10.8 Å². The molecule has 7 heteroatoms. The van der Waals surface area contributed by atoms with Crippen molar-refractivity contribution in [2.45, 2.75) is 31.6 Å². The third-order valence-electron chi connectivity index (χ3n) is 3.72. The third-order valence-corrected chi connectivity index (χ3v) is 4.83. The van der Waals surface area contributed by atoms with Crippen molar-refractivity contribution >= 4 is 17.9 Å². The molecule has 0 saturated heterocycles. The second-order valence-electron chi connectivity index (χ2n) is 6.20. The van der Waals surface area contributed by atoms with Crippen LogP contribution in [0.5, 0.6) is 0 Å². The average molecular weight is 382 g/mol. The molecule has 1 fully saturated rings. The molecule has 1 aromatic heterocycles. The fourth-order valence-electron chi connectivity index (χ4n) is 2.29. The highest BCUT2D eigenvalue weighted by Crippen LogP contribution is 2.32. The zero-order valence-corrected chi connectivity index (χ0v) is 15.9. The Morgan fingerprint density at radius 1 is 1.11 bits per heavy atom. The average Bonchev–Trinajstić information content (AvgIpc) is 3.38. The van der Waals surface area contributed by atoms with Crippen LogP contribution in [-0.2, 0) is 11.3 Å². The summed E-state index contributed by atoms with van der Waals surface area (Å²) >= 11 is 1.76. The van der Waals surface area contributed by atoms with Gasteiger partial charge in [0, 0.05) is 17.7 Å². The molecule has 1 heterocycles. The summed E-state index contributed by atoms with van der Waals surface area (Å²) in [5.74, 6) is 0.929. The zero-order valence-electron chi connectivity index (χ0n) is 15.1. The monoisotopic (exact) mass is 382 g/mol. The van der Waals surface area contributed by atoms with Gasteiger partial charge in [-0.1, -0.05) is 71.7 Å². The molecule has 2 aromatic carbocycles. The molecule has 1 aliphatic rings. The second kappa shape index (κ2) is 9.34. The first-order valence-electron chi connectivity index (χ1n) is 8.75. The van der Waals surface area contributed by atoms with E-state index in [1.165, 1.54) is 30.9 Å². The molecule has 6 nitrogen and oxygen atoms in total. The Labute approximate surface area is 162 Å². The van der Waals surface area contributed by atoms with Crippen molar-refractivity contribution in [1.29, 1.82) is 0 Å². The van der Waals surface area contributed by atoms with E-state index in [-0.39, 0.29) is 5.91 Å². The van der Waals surface area contributed by atoms with E-state index in [9.17, 15) is 4.79 Å². The number of nitrogens with one attached hydrogen (secondary N) is 1. The van der Waals surface area contributed by atoms with Gasteiger partial charge < -0.3 is 10.3 Å². The van der Waals surface area contributed by atoms with Crippen LogP contribution in [0.15, 0.2) is 59.1 Å². The van der Waals surface area contributed by atoms with Crippen molar-refractivity contribution in [3.63, 3.8) is 0 Å². The molecule has 3 aromatic rings. The number of nitrogens with two attached hydrogens (primary N) is 1. The van der Waals surface area contributed by atoms with E-state index in [1.54, 1.807) is 11.9 Å². The van der Waals surface area contributed by atoms with Crippen LogP contribution < -0.4 is 10.5 Å². The van der Waals surface area contributed by atoms with Gasteiger partial charge in [-0.25, -0.2) is 0 Å². The van der Waals surface area contributed by atoms with Gasteiger partial charge in [0.2, 0.25) is 17.6 Å². The van der Waals surface area contributed by atoms with Gasteiger partial charge in [0.25, 0.3) is 0 Å². The largest absolute Gasteiger partial charge is 0.370 e. The fraction of sp³-hybridized carbons (Fsp3) is 0.250. The van der Waals surface area contributed by atoms with Gasteiger partial charge in [0.05, 0.1) is 6.54 Å². The lowest BCUT2D eigenvalue weighted by atomic mass is 10.0. The van der Waals surface area contributed by atoms with Crippen molar-refractivity contribution in [3.8, 4) is 22.5 Å². The zero-order chi connectivity index (χ0) is 19.1. The van der Waals surface area contributed by atoms with E-state index >= 15 is 0 Å². The van der Waals surface area contributed by atoms with Crippen molar-refractivity contribution in [2.75, 3.05) is 0 Å². The second-order valence-corrected chi connectivity index (χ2v) is 7.40. The molecule has 1 amide bonds. The highest BCUT2D eigenvalue weighted by atomic mass is 32.2. The Kier molecular flexibility index (Phi) is 6.62. The maximum Gasteiger partial charge on any atom is 0.241 e.